The van der Waals surface area contributed by atoms with Crippen molar-refractivity contribution in [3.63, 3.8) is 0 Å². The quantitative estimate of drug-likeness (QED) is 0.214. The van der Waals surface area contributed by atoms with E-state index in [2.05, 4.69) is 21.7 Å². The summed E-state index contributed by atoms with van der Waals surface area (Å²) in [4.78, 5) is 28.7. The van der Waals surface area contributed by atoms with E-state index in [1.807, 2.05) is 16.8 Å². The lowest BCUT2D eigenvalue weighted by atomic mass is 10.1. The summed E-state index contributed by atoms with van der Waals surface area (Å²) in [6.07, 6.45) is 2.48. The fourth-order valence-electron chi connectivity index (χ4n) is 3.59. The lowest BCUT2D eigenvalue weighted by molar-refractivity contribution is -0.129. The highest BCUT2D eigenvalue weighted by Gasteiger charge is 2.23. The standard InChI is InChI=1S/C22H29FN6O4/c1-24-19-21(28(2)9-5-3-4-6-18(31)27-32)25-20(15-7-8-16(23)17(30)14-15)26-22(19)29-10-12-33-13-11-29/h7-8,14,30,32H,1,3-6,9-13H2,2H3,(H,27,31). The number of hydrogen-bond acceptors (Lipinski definition) is 9. The van der Waals surface area contributed by atoms with Gasteiger partial charge in [0, 0.05) is 38.7 Å². The van der Waals surface area contributed by atoms with Gasteiger partial charge in [0.2, 0.25) is 5.91 Å². The molecule has 1 aliphatic heterocycles. The van der Waals surface area contributed by atoms with Gasteiger partial charge < -0.3 is 19.6 Å². The van der Waals surface area contributed by atoms with E-state index in [1.165, 1.54) is 18.2 Å². The smallest absolute Gasteiger partial charge is 0.243 e. The maximum Gasteiger partial charge on any atom is 0.243 e. The van der Waals surface area contributed by atoms with Gasteiger partial charge in [0.25, 0.3) is 0 Å². The number of ether oxygens (including phenoxy) is 1. The first-order valence-corrected chi connectivity index (χ1v) is 10.8. The average Bonchev–Trinajstić information content (AvgIpc) is 2.84. The Bertz CT molecular complexity index is 984. The fraction of sp³-hybridized carbons (Fsp3) is 0.455. The number of halogens is 1. The summed E-state index contributed by atoms with van der Waals surface area (Å²) in [5.41, 5.74) is 2.64. The third-order valence-corrected chi connectivity index (χ3v) is 5.40. The molecule has 33 heavy (non-hydrogen) atoms. The van der Waals surface area contributed by atoms with Gasteiger partial charge in [-0.2, -0.15) is 0 Å². The van der Waals surface area contributed by atoms with Crippen LogP contribution in [0.3, 0.4) is 0 Å². The number of hydrogen-bond donors (Lipinski definition) is 3. The molecular weight excluding hydrogens is 431 g/mol. The summed E-state index contributed by atoms with van der Waals surface area (Å²) in [7, 11) is 1.88. The van der Waals surface area contributed by atoms with Crippen LogP contribution in [0, 0.1) is 5.82 Å². The van der Waals surface area contributed by atoms with Crippen molar-refractivity contribution in [3.8, 4) is 17.1 Å². The molecule has 1 amide bonds. The molecule has 2 heterocycles. The summed E-state index contributed by atoms with van der Waals surface area (Å²) in [5.74, 6) is -0.0993. The first kappa shape index (κ1) is 24.3. The molecule has 3 N–H and O–H groups in total. The first-order chi connectivity index (χ1) is 15.9. The van der Waals surface area contributed by atoms with Crippen LogP contribution in [0.1, 0.15) is 25.7 Å². The highest BCUT2D eigenvalue weighted by molar-refractivity contribution is 5.80. The van der Waals surface area contributed by atoms with Gasteiger partial charge in [0.05, 0.1) is 13.2 Å². The highest BCUT2D eigenvalue weighted by Crippen LogP contribution is 2.38. The number of aliphatic imine (C=N–C) groups is 1. The van der Waals surface area contributed by atoms with Crippen LogP contribution < -0.4 is 15.3 Å². The molecule has 1 aliphatic rings. The van der Waals surface area contributed by atoms with Gasteiger partial charge in [-0.15, -0.1) is 0 Å². The molecular formula is C22H29FN6O4. The number of hydroxylamine groups is 1. The van der Waals surface area contributed by atoms with Crippen molar-refractivity contribution in [2.75, 3.05) is 49.7 Å². The van der Waals surface area contributed by atoms with Crippen LogP contribution in [-0.2, 0) is 9.53 Å². The zero-order chi connectivity index (χ0) is 23.8. The van der Waals surface area contributed by atoms with E-state index >= 15 is 0 Å². The summed E-state index contributed by atoms with van der Waals surface area (Å²) in [6, 6.07) is 3.99. The number of rotatable bonds is 10. The lowest BCUT2D eigenvalue weighted by Crippen LogP contribution is -2.37. The van der Waals surface area contributed by atoms with Crippen molar-refractivity contribution in [3.05, 3.63) is 24.0 Å². The summed E-state index contributed by atoms with van der Waals surface area (Å²) < 4.78 is 19.1. The van der Waals surface area contributed by atoms with E-state index in [1.54, 1.807) is 5.48 Å². The second kappa shape index (κ2) is 11.5. The molecule has 1 fully saturated rings. The monoisotopic (exact) mass is 460 g/mol. The predicted molar refractivity (Wildman–Crippen MR) is 123 cm³/mol. The fourth-order valence-corrected chi connectivity index (χ4v) is 3.59. The zero-order valence-electron chi connectivity index (χ0n) is 18.6. The van der Waals surface area contributed by atoms with Crippen LogP contribution in [0.25, 0.3) is 11.4 Å². The number of nitrogens with one attached hydrogen (secondary N) is 1. The third kappa shape index (κ3) is 6.14. The van der Waals surface area contributed by atoms with Crippen LogP contribution in [0.5, 0.6) is 5.75 Å². The molecule has 2 aromatic rings. The number of aromatic nitrogens is 2. The number of aromatic hydroxyl groups is 1. The molecule has 0 saturated carbocycles. The molecule has 1 saturated heterocycles. The van der Waals surface area contributed by atoms with Crippen molar-refractivity contribution in [2.24, 2.45) is 4.99 Å². The molecule has 0 atom stereocenters. The number of amides is 1. The topological polar surface area (TPSA) is 123 Å². The molecule has 0 radical (unpaired) electrons. The van der Waals surface area contributed by atoms with Gasteiger partial charge in [0.1, 0.15) is 5.69 Å². The van der Waals surface area contributed by atoms with E-state index in [9.17, 15) is 14.3 Å². The number of phenols is 1. The number of anilines is 2. The predicted octanol–water partition coefficient (Wildman–Crippen LogP) is 2.66. The number of carbonyl (C=O) groups excluding carboxylic acids is 1. The molecule has 0 aliphatic carbocycles. The molecule has 178 valence electrons. The van der Waals surface area contributed by atoms with Crippen LogP contribution in [-0.4, -0.2) is 72.8 Å². The van der Waals surface area contributed by atoms with Crippen molar-refractivity contribution < 1.29 is 24.2 Å². The summed E-state index contributed by atoms with van der Waals surface area (Å²) in [6.45, 7) is 6.73. The Morgan fingerprint density at radius 1 is 1.30 bits per heavy atom. The van der Waals surface area contributed by atoms with Crippen molar-refractivity contribution in [2.45, 2.75) is 25.7 Å². The average molecular weight is 461 g/mol. The Kier molecular flexibility index (Phi) is 8.50. The number of nitrogens with zero attached hydrogens (tertiary/aromatic N) is 5. The molecule has 0 bridgehead atoms. The molecule has 10 nitrogen and oxygen atoms in total. The van der Waals surface area contributed by atoms with Gasteiger partial charge in [-0.05, 0) is 37.8 Å². The number of morpholine rings is 1. The Balaban J connectivity index is 1.90. The molecule has 3 rings (SSSR count). The van der Waals surface area contributed by atoms with Crippen molar-refractivity contribution in [1.82, 2.24) is 15.4 Å². The summed E-state index contributed by atoms with van der Waals surface area (Å²) in [5, 5.41) is 18.4. The van der Waals surface area contributed by atoms with E-state index in [0.717, 1.165) is 12.8 Å². The number of unbranched alkanes of at least 4 members (excludes halogenated alkanes) is 2. The van der Waals surface area contributed by atoms with Crippen LogP contribution in [0.2, 0.25) is 0 Å². The zero-order valence-corrected chi connectivity index (χ0v) is 18.6. The van der Waals surface area contributed by atoms with Gasteiger partial charge >= 0.3 is 0 Å². The van der Waals surface area contributed by atoms with Crippen LogP contribution >= 0.6 is 0 Å². The Hall–Kier alpha value is -3.31. The maximum atomic E-state index is 13.6. The van der Waals surface area contributed by atoms with Crippen molar-refractivity contribution >= 4 is 29.9 Å². The van der Waals surface area contributed by atoms with Gasteiger partial charge in [0.15, 0.2) is 29.0 Å². The Labute approximate surface area is 191 Å². The minimum Gasteiger partial charge on any atom is -0.505 e. The third-order valence-electron chi connectivity index (χ3n) is 5.40. The van der Waals surface area contributed by atoms with Gasteiger partial charge in [-0.3, -0.25) is 15.0 Å². The van der Waals surface area contributed by atoms with E-state index < -0.39 is 17.5 Å². The molecule has 11 heteroatoms. The number of benzene rings is 1. The largest absolute Gasteiger partial charge is 0.505 e. The molecule has 0 unspecified atom stereocenters. The van der Waals surface area contributed by atoms with E-state index in [-0.39, 0.29) is 6.42 Å². The van der Waals surface area contributed by atoms with Crippen molar-refractivity contribution in [1.29, 1.82) is 0 Å². The highest BCUT2D eigenvalue weighted by atomic mass is 19.1. The SMILES string of the molecule is C=Nc1c(N(C)CCCCCC(=O)NO)nc(-c2ccc(F)c(O)c2)nc1N1CCOCC1. The van der Waals surface area contributed by atoms with Gasteiger partial charge in [-0.1, -0.05) is 6.42 Å². The Morgan fingerprint density at radius 2 is 2.06 bits per heavy atom. The second-order valence-electron chi connectivity index (χ2n) is 7.73. The number of phenolic OH excluding ortho intramolecular Hbond substituents is 1. The van der Waals surface area contributed by atoms with Crippen LogP contribution in [0.4, 0.5) is 21.7 Å². The normalized spacial score (nSPS) is 13.6. The molecule has 1 aromatic heterocycles. The van der Waals surface area contributed by atoms with E-state index in [4.69, 9.17) is 9.94 Å². The second-order valence-corrected chi connectivity index (χ2v) is 7.73. The maximum absolute atomic E-state index is 13.6. The molecule has 1 aromatic carbocycles. The molecule has 0 spiro atoms. The van der Waals surface area contributed by atoms with E-state index in [0.29, 0.717) is 68.0 Å². The number of carbonyl (C=O) groups is 1. The first-order valence-electron chi connectivity index (χ1n) is 10.8. The summed E-state index contributed by atoms with van der Waals surface area (Å²) >= 11 is 0. The van der Waals surface area contributed by atoms with Crippen LogP contribution in [0.15, 0.2) is 23.2 Å². The minimum atomic E-state index is -0.719. The Morgan fingerprint density at radius 3 is 2.73 bits per heavy atom. The lowest BCUT2D eigenvalue weighted by Gasteiger charge is -2.30. The minimum absolute atomic E-state index is 0.257. The van der Waals surface area contributed by atoms with Gasteiger partial charge in [-0.25, -0.2) is 19.8 Å².